The molecule has 3 atom stereocenters. The molecule has 0 aliphatic carbocycles. The zero-order chi connectivity index (χ0) is 18.2. The van der Waals surface area contributed by atoms with Gasteiger partial charge in [-0.15, -0.1) is 0 Å². The molecule has 0 aromatic rings. The van der Waals surface area contributed by atoms with Crippen molar-refractivity contribution in [3.05, 3.63) is 11.8 Å². The molecule has 0 bridgehead atoms. The molecular weight excluding hydrogens is 429 g/mol. The summed E-state index contributed by atoms with van der Waals surface area (Å²) in [7, 11) is 1.48. The number of carbonyl (C=O) groups is 2. The van der Waals surface area contributed by atoms with Crippen LogP contribution in [0.3, 0.4) is 0 Å². The van der Waals surface area contributed by atoms with Gasteiger partial charge in [-0.05, 0) is 12.5 Å². The normalized spacial score (nSPS) is 24.7. The molecule has 2 amide bonds. The number of likely N-dealkylation sites (N-methyl/N-ethyl adjacent to an activating group) is 1. The molecule has 1 aliphatic heterocycles. The number of piperazine rings is 1. The topological polar surface area (TPSA) is 49.4 Å². The van der Waals surface area contributed by atoms with E-state index in [9.17, 15) is 9.59 Å². The van der Waals surface area contributed by atoms with Crippen molar-refractivity contribution in [1.82, 2.24) is 10.2 Å². The van der Waals surface area contributed by atoms with Crippen molar-refractivity contribution < 1.29 is 9.59 Å². The van der Waals surface area contributed by atoms with E-state index in [1.54, 1.807) is 13.8 Å². The van der Waals surface area contributed by atoms with Gasteiger partial charge >= 0.3 is 0 Å². The van der Waals surface area contributed by atoms with Gasteiger partial charge in [-0.25, -0.2) is 0 Å². The number of hydrogen-bond acceptors (Lipinski definition) is 2. The van der Waals surface area contributed by atoms with Crippen LogP contribution in [-0.4, -0.2) is 37.4 Å². The molecule has 1 aliphatic rings. The zero-order valence-electron chi connectivity index (χ0n) is 12.5. The minimum atomic E-state index is -1.59. The lowest BCUT2D eigenvalue weighted by Gasteiger charge is -2.34. The van der Waals surface area contributed by atoms with Crippen molar-refractivity contribution in [2.75, 3.05) is 7.05 Å². The molecule has 1 heterocycles. The van der Waals surface area contributed by atoms with Gasteiger partial charge in [0.1, 0.15) is 11.7 Å². The van der Waals surface area contributed by atoms with E-state index in [0.29, 0.717) is 0 Å². The van der Waals surface area contributed by atoms with Gasteiger partial charge in [0.15, 0.2) is 7.59 Å². The van der Waals surface area contributed by atoms with Crippen molar-refractivity contribution in [2.24, 2.45) is 11.8 Å². The summed E-state index contributed by atoms with van der Waals surface area (Å²) in [4.78, 5) is 25.9. The zero-order valence-corrected chi connectivity index (χ0v) is 17.1. The maximum absolute atomic E-state index is 12.4. The van der Waals surface area contributed by atoms with Crippen LogP contribution >= 0.6 is 69.6 Å². The van der Waals surface area contributed by atoms with Crippen LogP contribution in [0.5, 0.6) is 0 Å². The van der Waals surface area contributed by atoms with Crippen molar-refractivity contribution in [2.45, 2.75) is 33.9 Å². The first-order valence-corrected chi connectivity index (χ1v) is 8.95. The standard InChI is InChI=1S/C13H16Cl6N2O2/c1-6(12(14,15)16)4-8-11(23)21(3)9(10(22)20-8)5-7(2)13(17,18)19/h5-8H,4H2,1-3H3,(H,20,22)/b9-5+/t6-,7-,8?/m0/s1. The SMILES string of the molecule is C[C@@H](/C=C1\C(=O)NC(C[C@H](C)C(Cl)(Cl)Cl)C(=O)N1C)C(Cl)(Cl)Cl. The van der Waals surface area contributed by atoms with E-state index in [0.717, 1.165) is 0 Å². The maximum atomic E-state index is 12.4. The van der Waals surface area contributed by atoms with E-state index in [2.05, 4.69) is 5.32 Å². The van der Waals surface area contributed by atoms with Crippen LogP contribution in [-0.2, 0) is 9.59 Å². The lowest BCUT2D eigenvalue weighted by Crippen LogP contribution is -2.56. The van der Waals surface area contributed by atoms with Crippen molar-refractivity contribution in [3.63, 3.8) is 0 Å². The van der Waals surface area contributed by atoms with Crippen LogP contribution in [0.4, 0.5) is 0 Å². The molecule has 10 heteroatoms. The maximum Gasteiger partial charge on any atom is 0.268 e. The molecule has 1 unspecified atom stereocenters. The highest BCUT2D eigenvalue weighted by Gasteiger charge is 2.40. The van der Waals surface area contributed by atoms with Gasteiger partial charge in [-0.1, -0.05) is 83.5 Å². The molecule has 1 N–H and O–H groups in total. The van der Waals surface area contributed by atoms with Crippen LogP contribution in [0, 0.1) is 11.8 Å². The van der Waals surface area contributed by atoms with Crippen LogP contribution in [0.1, 0.15) is 20.3 Å². The van der Waals surface area contributed by atoms with Gasteiger partial charge in [0, 0.05) is 18.9 Å². The van der Waals surface area contributed by atoms with Gasteiger partial charge in [-0.2, -0.15) is 0 Å². The van der Waals surface area contributed by atoms with Gasteiger partial charge < -0.3 is 10.2 Å². The summed E-state index contributed by atoms with van der Waals surface area (Å²) in [6.07, 6.45) is 1.63. The van der Waals surface area contributed by atoms with Crippen molar-refractivity contribution >= 4 is 81.4 Å². The summed E-state index contributed by atoms with van der Waals surface area (Å²) in [6, 6.07) is -0.779. The number of halogens is 6. The summed E-state index contributed by atoms with van der Waals surface area (Å²) in [5.74, 6) is -1.77. The fraction of sp³-hybridized carbons (Fsp3) is 0.692. The van der Waals surface area contributed by atoms with Gasteiger partial charge in [0.2, 0.25) is 5.91 Å². The fourth-order valence-corrected chi connectivity index (χ4v) is 2.42. The third kappa shape index (κ3) is 5.72. The lowest BCUT2D eigenvalue weighted by molar-refractivity contribution is -0.139. The average Bonchev–Trinajstić information content (AvgIpc) is 2.38. The molecule has 4 nitrogen and oxygen atoms in total. The van der Waals surface area contributed by atoms with E-state index < -0.39 is 31.4 Å². The van der Waals surface area contributed by atoms with E-state index >= 15 is 0 Å². The first kappa shape index (κ1) is 21.5. The van der Waals surface area contributed by atoms with Gasteiger partial charge in [0.25, 0.3) is 5.91 Å². The quantitative estimate of drug-likeness (QED) is 0.523. The number of alkyl halides is 6. The number of nitrogens with zero attached hydrogens (tertiary/aromatic N) is 1. The third-order valence-electron chi connectivity index (χ3n) is 3.60. The average molecular weight is 445 g/mol. The number of rotatable bonds is 3. The number of amides is 2. The molecule has 0 radical (unpaired) electrons. The first-order valence-electron chi connectivity index (χ1n) is 6.68. The Morgan fingerprint density at radius 3 is 2.09 bits per heavy atom. The molecule has 132 valence electrons. The number of allylic oxidation sites excluding steroid dienone is 1. The summed E-state index contributed by atoms with van der Waals surface area (Å²) >= 11 is 34.8. The molecule has 0 spiro atoms. The Hall–Kier alpha value is 0.420. The molecule has 0 saturated carbocycles. The summed E-state index contributed by atoms with van der Waals surface area (Å²) in [5, 5.41) is 2.60. The van der Waals surface area contributed by atoms with E-state index in [1.807, 2.05) is 0 Å². The summed E-state index contributed by atoms with van der Waals surface area (Å²) in [6.45, 7) is 3.31. The van der Waals surface area contributed by atoms with Crippen molar-refractivity contribution in [3.8, 4) is 0 Å². The Labute approximate surface area is 165 Å². The fourth-order valence-electron chi connectivity index (χ4n) is 1.96. The number of nitrogens with one attached hydrogen (secondary N) is 1. The van der Waals surface area contributed by atoms with Crippen LogP contribution in [0.25, 0.3) is 0 Å². The highest BCUT2D eigenvalue weighted by atomic mass is 35.6. The highest BCUT2D eigenvalue weighted by molar-refractivity contribution is 6.68. The smallest absolute Gasteiger partial charge is 0.268 e. The minimum absolute atomic E-state index is 0.117. The Bertz CT molecular complexity index is 512. The van der Waals surface area contributed by atoms with Gasteiger partial charge in [-0.3, -0.25) is 9.59 Å². The van der Waals surface area contributed by atoms with Crippen LogP contribution < -0.4 is 5.32 Å². The second kappa shape index (κ2) is 7.76. The van der Waals surface area contributed by atoms with E-state index in [-0.39, 0.29) is 18.0 Å². The molecule has 0 aromatic carbocycles. The lowest BCUT2D eigenvalue weighted by atomic mass is 9.99. The second-order valence-electron chi connectivity index (χ2n) is 5.48. The van der Waals surface area contributed by atoms with Crippen LogP contribution in [0.2, 0.25) is 0 Å². The monoisotopic (exact) mass is 442 g/mol. The molecule has 1 rings (SSSR count). The Kier molecular flexibility index (Phi) is 7.24. The summed E-state index contributed by atoms with van der Waals surface area (Å²) in [5.41, 5.74) is 0.117. The predicted molar refractivity (Wildman–Crippen MR) is 96.3 cm³/mol. The molecule has 0 aromatic heterocycles. The van der Waals surface area contributed by atoms with E-state index in [4.69, 9.17) is 69.6 Å². The second-order valence-corrected chi connectivity index (χ2v) is 10.2. The minimum Gasteiger partial charge on any atom is -0.339 e. The van der Waals surface area contributed by atoms with Crippen molar-refractivity contribution in [1.29, 1.82) is 0 Å². The summed E-state index contributed by atoms with van der Waals surface area (Å²) < 4.78 is -3.11. The van der Waals surface area contributed by atoms with E-state index in [1.165, 1.54) is 18.0 Å². The first-order chi connectivity index (χ1) is 10.2. The highest BCUT2D eigenvalue weighted by Crippen LogP contribution is 2.38. The van der Waals surface area contributed by atoms with Gasteiger partial charge in [0.05, 0.1) is 0 Å². The molecule has 23 heavy (non-hydrogen) atoms. The Balaban J connectivity index is 2.94. The number of hydrogen-bond donors (Lipinski definition) is 1. The van der Waals surface area contributed by atoms with Crippen LogP contribution in [0.15, 0.2) is 11.8 Å². The molecular formula is C13H16Cl6N2O2. The Morgan fingerprint density at radius 1 is 1.13 bits per heavy atom. The third-order valence-corrected chi connectivity index (χ3v) is 5.75. The largest absolute Gasteiger partial charge is 0.339 e. The predicted octanol–water partition coefficient (Wildman–Crippen LogP) is 4.23. The molecule has 1 saturated heterocycles. The number of carbonyl (C=O) groups excluding carboxylic acids is 2. The molecule has 1 fully saturated rings. The Morgan fingerprint density at radius 2 is 1.65 bits per heavy atom.